The lowest BCUT2D eigenvalue weighted by Crippen LogP contribution is -2.05. The van der Waals surface area contributed by atoms with Crippen molar-refractivity contribution in [2.75, 3.05) is 0 Å². The Kier molecular flexibility index (Phi) is 4.69. The number of carboxylic acids is 1. The Morgan fingerprint density at radius 3 is 2.65 bits per heavy atom. The molecule has 7 nitrogen and oxygen atoms in total. The van der Waals surface area contributed by atoms with E-state index in [2.05, 4.69) is 4.74 Å². The van der Waals surface area contributed by atoms with Crippen LogP contribution in [0.5, 0.6) is 5.75 Å². The van der Waals surface area contributed by atoms with E-state index in [9.17, 15) is 23.7 Å². The van der Waals surface area contributed by atoms with Gasteiger partial charge in [0.15, 0.2) is 0 Å². The van der Waals surface area contributed by atoms with Crippen molar-refractivity contribution in [3.05, 3.63) is 39.4 Å². The van der Waals surface area contributed by atoms with E-state index in [0.717, 1.165) is 18.2 Å². The number of hydrogen-bond donors (Lipinski definition) is 1. The summed E-state index contributed by atoms with van der Waals surface area (Å²) in [6.45, 7) is -3.22. The molecule has 0 unspecified atom stereocenters. The van der Waals surface area contributed by atoms with Gasteiger partial charge >= 0.3 is 12.6 Å². The van der Waals surface area contributed by atoms with Gasteiger partial charge in [-0.15, -0.1) is 0 Å². The maximum absolute atomic E-state index is 12.2. The zero-order valence-corrected chi connectivity index (χ0v) is 9.62. The average molecular weight is 284 g/mol. The lowest BCUT2D eigenvalue weighted by molar-refractivity contribution is -0.385. The number of aliphatic carboxylic acids is 1. The number of rotatable bonds is 5. The van der Waals surface area contributed by atoms with Crippen LogP contribution in [0.3, 0.4) is 0 Å². The van der Waals surface area contributed by atoms with E-state index in [1.807, 2.05) is 0 Å². The molecule has 0 atom stereocenters. The fourth-order valence-electron chi connectivity index (χ4n) is 1.32. The van der Waals surface area contributed by atoms with Crippen LogP contribution in [0, 0.1) is 21.4 Å². The second-order valence-corrected chi connectivity index (χ2v) is 3.33. The first-order chi connectivity index (χ1) is 9.35. The number of ether oxygens (including phenoxy) is 1. The minimum atomic E-state index is -3.22. The SMILES string of the molecule is N#Cc1cc([N+](=O)[O-])c(/C=C/C(=O)O)cc1OC(F)F. The van der Waals surface area contributed by atoms with Crippen molar-refractivity contribution in [3.63, 3.8) is 0 Å². The summed E-state index contributed by atoms with van der Waals surface area (Å²) in [6, 6.07) is 3.03. The summed E-state index contributed by atoms with van der Waals surface area (Å²) in [6.07, 6.45) is 1.44. The maximum atomic E-state index is 12.2. The topological polar surface area (TPSA) is 113 Å². The Morgan fingerprint density at radius 2 is 2.20 bits per heavy atom. The molecule has 1 rings (SSSR count). The molecule has 104 valence electrons. The Morgan fingerprint density at radius 1 is 1.55 bits per heavy atom. The van der Waals surface area contributed by atoms with Crippen LogP contribution in [0.2, 0.25) is 0 Å². The van der Waals surface area contributed by atoms with Crippen LogP contribution < -0.4 is 4.74 Å². The van der Waals surface area contributed by atoms with Crippen LogP contribution in [-0.4, -0.2) is 22.6 Å². The molecule has 0 spiro atoms. The number of carbonyl (C=O) groups is 1. The van der Waals surface area contributed by atoms with E-state index >= 15 is 0 Å². The van der Waals surface area contributed by atoms with Gasteiger partial charge in [0.1, 0.15) is 17.4 Å². The third-order valence-corrected chi connectivity index (χ3v) is 2.07. The number of benzene rings is 1. The highest BCUT2D eigenvalue weighted by molar-refractivity contribution is 5.86. The molecule has 0 radical (unpaired) electrons. The van der Waals surface area contributed by atoms with Crippen molar-refractivity contribution in [1.82, 2.24) is 0 Å². The molecular formula is C11H6F2N2O5. The molecule has 1 N–H and O–H groups in total. The van der Waals surface area contributed by atoms with Crippen molar-refractivity contribution in [2.24, 2.45) is 0 Å². The van der Waals surface area contributed by atoms with Crippen LogP contribution in [0.1, 0.15) is 11.1 Å². The lowest BCUT2D eigenvalue weighted by atomic mass is 10.1. The van der Waals surface area contributed by atoms with Gasteiger partial charge in [-0.2, -0.15) is 14.0 Å². The summed E-state index contributed by atoms with van der Waals surface area (Å²) < 4.78 is 28.4. The van der Waals surface area contributed by atoms with Gasteiger partial charge in [0.05, 0.1) is 10.5 Å². The number of nitrogens with zero attached hydrogens (tertiary/aromatic N) is 2. The highest BCUT2D eigenvalue weighted by Gasteiger charge is 2.19. The first-order valence-electron chi connectivity index (χ1n) is 4.93. The van der Waals surface area contributed by atoms with Crippen LogP contribution >= 0.6 is 0 Å². The van der Waals surface area contributed by atoms with Crippen molar-refractivity contribution in [1.29, 1.82) is 5.26 Å². The van der Waals surface area contributed by atoms with Gasteiger partial charge < -0.3 is 9.84 Å². The van der Waals surface area contributed by atoms with E-state index in [0.29, 0.717) is 6.08 Å². The van der Waals surface area contributed by atoms with Crippen molar-refractivity contribution < 1.29 is 28.3 Å². The Hall–Kier alpha value is -3.02. The fourth-order valence-corrected chi connectivity index (χ4v) is 1.32. The number of nitriles is 1. The largest absolute Gasteiger partial charge is 0.478 e. The van der Waals surface area contributed by atoms with Gasteiger partial charge in [0.25, 0.3) is 5.69 Å². The molecule has 1 aromatic carbocycles. The summed E-state index contributed by atoms with van der Waals surface area (Å²) in [5.74, 6) is -1.95. The number of hydrogen-bond acceptors (Lipinski definition) is 5. The van der Waals surface area contributed by atoms with Gasteiger partial charge in [-0.3, -0.25) is 10.1 Å². The summed E-state index contributed by atoms with van der Waals surface area (Å²) >= 11 is 0. The first kappa shape index (κ1) is 15.0. The molecule has 0 aliphatic carbocycles. The molecule has 0 aromatic heterocycles. The fraction of sp³-hybridized carbons (Fsp3) is 0.0909. The monoisotopic (exact) mass is 284 g/mol. The summed E-state index contributed by atoms with van der Waals surface area (Å²) in [4.78, 5) is 20.3. The third-order valence-electron chi connectivity index (χ3n) is 2.07. The van der Waals surface area contributed by atoms with Crippen molar-refractivity contribution in [3.8, 4) is 11.8 Å². The molecule has 0 saturated heterocycles. The van der Waals surface area contributed by atoms with Crippen LogP contribution in [0.4, 0.5) is 14.5 Å². The van der Waals surface area contributed by atoms with E-state index < -0.39 is 34.5 Å². The molecule has 20 heavy (non-hydrogen) atoms. The van der Waals surface area contributed by atoms with Crippen LogP contribution in [0.25, 0.3) is 6.08 Å². The Labute approximate surface area is 110 Å². The molecular weight excluding hydrogens is 278 g/mol. The third kappa shape index (κ3) is 3.74. The molecule has 0 saturated carbocycles. The second-order valence-electron chi connectivity index (χ2n) is 3.33. The predicted octanol–water partition coefficient (Wildman–Crippen LogP) is 2.17. The highest BCUT2D eigenvalue weighted by atomic mass is 19.3. The van der Waals surface area contributed by atoms with E-state index in [-0.39, 0.29) is 5.56 Å². The quantitative estimate of drug-likeness (QED) is 0.503. The highest BCUT2D eigenvalue weighted by Crippen LogP contribution is 2.30. The minimum Gasteiger partial charge on any atom is -0.478 e. The van der Waals surface area contributed by atoms with E-state index in [1.165, 1.54) is 6.07 Å². The van der Waals surface area contributed by atoms with Gasteiger partial charge in [0.2, 0.25) is 0 Å². The van der Waals surface area contributed by atoms with Gasteiger partial charge in [-0.05, 0) is 12.1 Å². The molecule has 0 bridgehead atoms. The molecule has 0 aliphatic rings. The zero-order valence-electron chi connectivity index (χ0n) is 9.62. The number of alkyl halides is 2. The minimum absolute atomic E-state index is 0.271. The van der Waals surface area contributed by atoms with Gasteiger partial charge in [-0.1, -0.05) is 0 Å². The van der Waals surface area contributed by atoms with Gasteiger partial charge in [-0.25, -0.2) is 4.79 Å². The maximum Gasteiger partial charge on any atom is 0.387 e. The molecule has 9 heteroatoms. The normalized spacial score (nSPS) is 10.5. The van der Waals surface area contributed by atoms with Gasteiger partial charge in [0, 0.05) is 12.1 Å². The summed E-state index contributed by atoms with van der Waals surface area (Å²) in [7, 11) is 0. The first-order valence-corrected chi connectivity index (χ1v) is 4.93. The molecule has 1 aromatic rings. The Balaban J connectivity index is 3.43. The van der Waals surface area contributed by atoms with Crippen LogP contribution in [0.15, 0.2) is 18.2 Å². The predicted molar refractivity (Wildman–Crippen MR) is 61.1 cm³/mol. The zero-order chi connectivity index (χ0) is 15.3. The van der Waals surface area contributed by atoms with Crippen molar-refractivity contribution in [2.45, 2.75) is 6.61 Å². The Bertz CT molecular complexity index is 622. The number of nitro groups is 1. The van der Waals surface area contributed by atoms with Crippen LogP contribution in [-0.2, 0) is 4.79 Å². The van der Waals surface area contributed by atoms with E-state index in [4.69, 9.17) is 10.4 Å². The number of nitro benzene ring substituents is 1. The van der Waals surface area contributed by atoms with Crippen molar-refractivity contribution >= 4 is 17.7 Å². The number of carboxylic acid groups (broad SMARTS) is 1. The molecule has 0 heterocycles. The summed E-state index contributed by atoms with van der Waals surface area (Å²) in [5, 5.41) is 28.0. The molecule has 0 amide bonds. The number of halogens is 2. The molecule has 0 aliphatic heterocycles. The molecule has 0 fully saturated rings. The average Bonchev–Trinajstić information content (AvgIpc) is 2.35. The standard InChI is InChI=1S/C11H6F2N2O5/c12-11(13)20-9-4-6(1-2-10(16)17)8(15(18)19)3-7(9)5-14/h1-4,11H,(H,16,17)/b2-1+. The summed E-state index contributed by atoms with van der Waals surface area (Å²) in [5.41, 5.74) is -1.32. The van der Waals surface area contributed by atoms with E-state index in [1.54, 1.807) is 0 Å². The second kappa shape index (κ2) is 6.24. The lowest BCUT2D eigenvalue weighted by Gasteiger charge is -2.07. The smallest absolute Gasteiger partial charge is 0.387 e.